The molecule has 5 fully saturated rings. The van der Waals surface area contributed by atoms with Gasteiger partial charge in [0, 0.05) is 89.0 Å². The van der Waals surface area contributed by atoms with Crippen LogP contribution in [0.4, 0.5) is 5.82 Å². The molecule has 0 spiro atoms. The molecule has 0 bridgehead atoms. The average molecular weight is 1090 g/mol. The number of amidine groups is 1. The van der Waals surface area contributed by atoms with Crippen molar-refractivity contribution in [2.75, 3.05) is 64.3 Å². The predicted octanol–water partition coefficient (Wildman–Crippen LogP) is 7.80. The van der Waals surface area contributed by atoms with E-state index in [-0.39, 0.29) is 46.8 Å². The summed E-state index contributed by atoms with van der Waals surface area (Å²) in [4.78, 5) is 34.4. The number of aldehydes is 1. The van der Waals surface area contributed by atoms with Crippen LogP contribution in [0.3, 0.4) is 0 Å². The number of nitrogens with two attached hydrogens (primary N) is 1. The summed E-state index contributed by atoms with van der Waals surface area (Å²) in [5.74, 6) is 7.98. The molecule has 2 aromatic carbocycles. The van der Waals surface area contributed by atoms with Crippen LogP contribution in [0.25, 0.3) is 11.3 Å². The van der Waals surface area contributed by atoms with Crippen molar-refractivity contribution < 1.29 is 24.0 Å². The highest BCUT2D eigenvalue weighted by Gasteiger charge is 2.39. The lowest BCUT2D eigenvalue weighted by Crippen LogP contribution is -2.51. The van der Waals surface area contributed by atoms with E-state index in [1.165, 1.54) is 42.7 Å². The first-order chi connectivity index (χ1) is 38.7. The molecule has 0 radical (unpaired) electrons. The second kappa shape index (κ2) is 27.0. The van der Waals surface area contributed by atoms with Gasteiger partial charge < -0.3 is 55.2 Å². The van der Waals surface area contributed by atoms with E-state index in [0.717, 1.165) is 126 Å². The number of likely N-dealkylation sites (tertiary alicyclic amines) is 3. The van der Waals surface area contributed by atoms with Crippen LogP contribution in [0.2, 0.25) is 0 Å². The second-order valence-corrected chi connectivity index (χ2v) is 23.1. The molecular formula is C62H83N13O5. The Labute approximate surface area is 472 Å². The van der Waals surface area contributed by atoms with E-state index >= 15 is 0 Å². The van der Waals surface area contributed by atoms with Crippen molar-refractivity contribution in [3.63, 3.8) is 0 Å². The molecule has 80 heavy (non-hydrogen) atoms. The SMILES string of the molecule is CC(C)C(C(=O)N1CCCC1C=O)c1cc(N2CCC(OC3CCN(CC4CC(N5CCC(Cn6cc(C#C/C(=C/C(=N)c7ccccc7O)C(=N)N)cn6)CC5)C4)CC3)CC2)no1.CNC(C)c1ccc(-c2ccnn2C)cc1. The van der Waals surface area contributed by atoms with Crippen molar-refractivity contribution in [3.8, 4) is 28.8 Å². The number of benzene rings is 2. The molecule has 1 amide bonds. The number of anilines is 1. The summed E-state index contributed by atoms with van der Waals surface area (Å²) in [6.07, 6.45) is 18.9. The van der Waals surface area contributed by atoms with Crippen LogP contribution in [0.5, 0.6) is 5.75 Å². The summed E-state index contributed by atoms with van der Waals surface area (Å²) in [6, 6.07) is 19.9. The lowest BCUT2D eigenvalue weighted by Gasteiger charge is -2.47. The van der Waals surface area contributed by atoms with Gasteiger partial charge in [0.1, 0.15) is 23.8 Å². The van der Waals surface area contributed by atoms with Gasteiger partial charge in [-0.25, -0.2) is 0 Å². The van der Waals surface area contributed by atoms with E-state index in [9.17, 15) is 14.7 Å². The molecule has 426 valence electrons. The minimum atomic E-state index is -0.448. The number of hydrogen-bond acceptors (Lipinski definition) is 14. The highest BCUT2D eigenvalue weighted by molar-refractivity contribution is 6.14. The number of aromatic hydroxyl groups is 1. The Morgan fingerprint density at radius 1 is 0.900 bits per heavy atom. The first-order valence-corrected chi connectivity index (χ1v) is 29.1. The Bertz CT molecular complexity index is 2960. The highest BCUT2D eigenvalue weighted by atomic mass is 16.5. The molecule has 1 saturated carbocycles. The lowest BCUT2D eigenvalue weighted by atomic mass is 9.77. The summed E-state index contributed by atoms with van der Waals surface area (Å²) < 4.78 is 16.3. The van der Waals surface area contributed by atoms with Gasteiger partial charge in [-0.15, -0.1) is 0 Å². The van der Waals surface area contributed by atoms with Crippen molar-refractivity contribution in [1.82, 2.24) is 44.7 Å². The number of aromatic nitrogens is 5. The number of phenols is 1. The molecule has 4 aliphatic heterocycles. The van der Waals surface area contributed by atoms with Crippen LogP contribution in [0.1, 0.15) is 119 Å². The van der Waals surface area contributed by atoms with Crippen molar-refractivity contribution in [2.45, 2.75) is 128 Å². The minimum absolute atomic E-state index is 0.00792. The Kier molecular flexibility index (Phi) is 19.5. The number of nitrogens with one attached hydrogen (secondary N) is 3. The van der Waals surface area contributed by atoms with E-state index in [4.69, 9.17) is 25.8 Å². The van der Waals surface area contributed by atoms with Gasteiger partial charge in [-0.1, -0.05) is 67.2 Å². The first kappa shape index (κ1) is 57.8. The van der Waals surface area contributed by atoms with Crippen LogP contribution in [0.15, 0.2) is 95.4 Å². The summed E-state index contributed by atoms with van der Waals surface area (Å²) >= 11 is 0. The Morgan fingerprint density at radius 3 is 2.26 bits per heavy atom. The minimum Gasteiger partial charge on any atom is -0.507 e. The maximum Gasteiger partial charge on any atom is 0.234 e. The van der Waals surface area contributed by atoms with Gasteiger partial charge in [0.05, 0.1) is 47.0 Å². The molecule has 18 heteroatoms. The Hall–Kier alpha value is -6.91. The van der Waals surface area contributed by atoms with Crippen molar-refractivity contribution >= 4 is 29.6 Å². The standard InChI is InChI=1S/C49H66N10O5.C13H17N3/c1-33(2)47(49(62)59-17-5-6-38(59)32-60)45-27-46(54-64-45)57-22-15-41(16-23-57)63-40-13-18-55(19-14-40)29-36-24-39(25-36)56-20-11-34(12-21-56)30-58-31-35(28-53-58)9-10-37(48(51)52)26-43(50)42-7-3-4-8-44(42)61;1-10(14-2)11-4-6-12(7-5-11)13-8-9-15-16(13)3/h3-4,7-8,26-28,31-34,36,38-41,47,50,61H,5-6,11-25,29-30H2,1-2H3,(H3,51,52);4-10,14H,1-3H3/b37-26-,50-43?;. The summed E-state index contributed by atoms with van der Waals surface area (Å²) in [7, 11) is 3.93. The van der Waals surface area contributed by atoms with E-state index in [2.05, 4.69) is 78.4 Å². The second-order valence-electron chi connectivity index (χ2n) is 23.1. The van der Waals surface area contributed by atoms with Gasteiger partial charge in [0.15, 0.2) is 11.6 Å². The molecule has 18 nitrogen and oxygen atoms in total. The fourth-order valence-corrected chi connectivity index (χ4v) is 12.2. The number of carbonyl (C=O) groups is 2. The Morgan fingerprint density at radius 2 is 1.61 bits per heavy atom. The zero-order valence-electron chi connectivity index (χ0n) is 47.5. The van der Waals surface area contributed by atoms with Gasteiger partial charge in [0.25, 0.3) is 0 Å². The summed E-state index contributed by atoms with van der Waals surface area (Å²) in [6.45, 7) is 15.0. The maximum absolute atomic E-state index is 13.5. The number of ether oxygens (including phenoxy) is 1. The van der Waals surface area contributed by atoms with E-state index in [0.29, 0.717) is 42.0 Å². The number of piperidine rings is 3. The van der Waals surface area contributed by atoms with Crippen molar-refractivity contribution in [1.29, 1.82) is 10.8 Å². The third-order valence-electron chi connectivity index (χ3n) is 17.2. The van der Waals surface area contributed by atoms with Gasteiger partial charge in [0.2, 0.25) is 5.91 Å². The number of rotatable bonds is 18. The van der Waals surface area contributed by atoms with Gasteiger partial charge in [-0.3, -0.25) is 19.6 Å². The summed E-state index contributed by atoms with van der Waals surface area (Å²) in [5.41, 5.74) is 10.7. The molecule has 4 saturated heterocycles. The normalized spacial score (nSPS) is 21.5. The fraction of sp³-hybridized carbons (Fsp3) is 0.532. The van der Waals surface area contributed by atoms with Gasteiger partial charge in [-0.05, 0) is 144 Å². The number of amides is 1. The largest absolute Gasteiger partial charge is 0.507 e. The number of para-hydroxylation sites is 1. The van der Waals surface area contributed by atoms with E-state index in [1.807, 2.05) is 61.8 Å². The highest BCUT2D eigenvalue weighted by Crippen LogP contribution is 2.37. The van der Waals surface area contributed by atoms with Crippen molar-refractivity contribution in [2.24, 2.45) is 30.5 Å². The average Bonchev–Trinajstić information content (AvgIpc) is 4.32. The van der Waals surface area contributed by atoms with E-state index < -0.39 is 5.92 Å². The monoisotopic (exact) mass is 1090 g/mol. The molecule has 3 atom stereocenters. The molecule has 6 N–H and O–H groups in total. The molecule has 5 aromatic rings. The Balaban J connectivity index is 0.000000414. The maximum atomic E-state index is 13.5. The van der Waals surface area contributed by atoms with Crippen LogP contribution in [-0.4, -0.2) is 152 Å². The quantitative estimate of drug-likeness (QED) is 0.0245. The third kappa shape index (κ3) is 14.5. The van der Waals surface area contributed by atoms with Gasteiger partial charge in [-0.2, -0.15) is 10.2 Å². The number of carbonyl (C=O) groups excluding carboxylic acids is 2. The van der Waals surface area contributed by atoms with Gasteiger partial charge >= 0.3 is 0 Å². The lowest BCUT2D eigenvalue weighted by molar-refractivity contribution is -0.137. The van der Waals surface area contributed by atoms with Crippen LogP contribution >= 0.6 is 0 Å². The summed E-state index contributed by atoms with van der Waals surface area (Å²) in [5, 5.41) is 42.7. The third-order valence-corrected chi connectivity index (χ3v) is 17.2. The molecule has 7 heterocycles. The number of phenolic OH excluding ortho intramolecular Hbond substituents is 1. The molecule has 5 aliphatic rings. The van der Waals surface area contributed by atoms with Crippen LogP contribution < -0.4 is 16.0 Å². The molecule has 10 rings (SSSR count). The molecular weight excluding hydrogens is 1010 g/mol. The number of aryl methyl sites for hydroxylation is 1. The number of allylic oxidation sites excluding steroid dienone is 1. The zero-order chi connectivity index (χ0) is 56.3. The first-order valence-electron chi connectivity index (χ1n) is 29.1. The topological polar surface area (TPSA) is 224 Å². The fourth-order valence-electron chi connectivity index (χ4n) is 12.2. The molecule has 3 unspecified atom stereocenters. The van der Waals surface area contributed by atoms with Crippen molar-refractivity contribution in [3.05, 3.63) is 113 Å². The number of nitrogens with zero attached hydrogens (tertiary/aromatic N) is 9. The van der Waals surface area contributed by atoms with Crippen LogP contribution in [0, 0.1) is 40.4 Å². The van der Waals surface area contributed by atoms with E-state index in [1.54, 1.807) is 29.3 Å². The molecule has 3 aromatic heterocycles. The predicted molar refractivity (Wildman–Crippen MR) is 312 cm³/mol. The zero-order valence-corrected chi connectivity index (χ0v) is 47.5. The number of hydrogen-bond donors (Lipinski definition) is 5. The smallest absolute Gasteiger partial charge is 0.234 e. The van der Waals surface area contributed by atoms with Crippen LogP contribution in [-0.2, 0) is 27.9 Å². The molecule has 1 aliphatic carbocycles.